The number of carbonyl (C=O) groups is 2. The minimum atomic E-state index is -0.521. The fourth-order valence-electron chi connectivity index (χ4n) is 5.66. The van der Waals surface area contributed by atoms with Gasteiger partial charge in [0.1, 0.15) is 16.9 Å². The lowest BCUT2D eigenvalue weighted by Crippen LogP contribution is -2.67. The molecule has 8 nitrogen and oxygen atoms in total. The average molecular weight is 431 g/mol. The maximum Gasteiger partial charge on any atom is 0.410 e. The summed E-state index contributed by atoms with van der Waals surface area (Å²) in [5.41, 5.74) is 5.85. The summed E-state index contributed by atoms with van der Waals surface area (Å²) in [4.78, 5) is 32.4. The number of methoxy groups -OCH3 is 1. The molecule has 31 heavy (non-hydrogen) atoms. The van der Waals surface area contributed by atoms with Gasteiger partial charge in [0.25, 0.3) is 5.91 Å². The third-order valence-electron chi connectivity index (χ3n) is 7.06. The number of carbonyl (C=O) groups excluding carboxylic acids is 2. The van der Waals surface area contributed by atoms with Crippen LogP contribution in [-0.2, 0) is 15.1 Å². The Hall–Kier alpha value is -2.19. The largest absolute Gasteiger partial charge is 0.444 e. The normalized spacial score (nSPS) is 29.4. The highest BCUT2D eigenvalue weighted by Crippen LogP contribution is 2.52. The number of rotatable bonds is 4. The number of hydrogen-bond acceptors (Lipinski definition) is 6. The molecule has 2 amide bonds. The van der Waals surface area contributed by atoms with Crippen molar-refractivity contribution in [2.75, 3.05) is 33.3 Å². The van der Waals surface area contributed by atoms with Crippen LogP contribution in [0.3, 0.4) is 0 Å². The molecule has 1 aromatic rings. The third kappa shape index (κ3) is 4.03. The molecule has 170 valence electrons. The molecule has 2 N–H and O–H groups in total. The molecule has 3 atom stereocenters. The van der Waals surface area contributed by atoms with Crippen molar-refractivity contribution in [2.24, 2.45) is 17.6 Å². The fourth-order valence-corrected chi connectivity index (χ4v) is 5.66. The maximum absolute atomic E-state index is 12.3. The van der Waals surface area contributed by atoms with Crippen molar-refractivity contribution in [3.05, 3.63) is 29.6 Å². The highest BCUT2D eigenvalue weighted by molar-refractivity contribution is 5.90. The van der Waals surface area contributed by atoms with Crippen LogP contribution in [-0.4, -0.2) is 71.7 Å². The minimum absolute atomic E-state index is 0.233. The molecule has 2 saturated heterocycles. The van der Waals surface area contributed by atoms with Crippen LogP contribution in [0.1, 0.15) is 56.1 Å². The molecular formula is C23H34N4O4. The highest BCUT2D eigenvalue weighted by atomic mass is 16.6. The summed E-state index contributed by atoms with van der Waals surface area (Å²) in [6.45, 7) is 8.89. The summed E-state index contributed by atoms with van der Waals surface area (Å²) < 4.78 is 11.8. The Morgan fingerprint density at radius 2 is 1.81 bits per heavy atom. The predicted molar refractivity (Wildman–Crippen MR) is 115 cm³/mol. The van der Waals surface area contributed by atoms with Gasteiger partial charge in [-0.15, -0.1) is 0 Å². The molecule has 0 spiro atoms. The molecule has 2 bridgehead atoms. The first-order valence-electron chi connectivity index (χ1n) is 11.2. The topological polar surface area (TPSA) is 98.0 Å². The summed E-state index contributed by atoms with van der Waals surface area (Å²) in [6, 6.07) is 4.12. The lowest BCUT2D eigenvalue weighted by atomic mass is 9.62. The van der Waals surface area contributed by atoms with Gasteiger partial charge < -0.3 is 20.1 Å². The lowest BCUT2D eigenvalue weighted by Gasteiger charge is -2.58. The molecule has 2 aliphatic heterocycles. The fraction of sp³-hybridized carbons (Fsp3) is 0.696. The molecule has 3 heterocycles. The molecule has 3 fully saturated rings. The van der Waals surface area contributed by atoms with Crippen molar-refractivity contribution in [1.29, 1.82) is 0 Å². The second kappa shape index (κ2) is 8.06. The predicted octanol–water partition coefficient (Wildman–Crippen LogP) is 2.37. The van der Waals surface area contributed by atoms with Crippen molar-refractivity contribution in [3.8, 4) is 0 Å². The van der Waals surface area contributed by atoms with Crippen molar-refractivity contribution < 1.29 is 19.1 Å². The van der Waals surface area contributed by atoms with Crippen LogP contribution in [0.15, 0.2) is 18.3 Å². The van der Waals surface area contributed by atoms with Gasteiger partial charge in [-0.05, 0) is 51.3 Å². The Labute approximate surface area is 184 Å². The van der Waals surface area contributed by atoms with Crippen LogP contribution in [0.5, 0.6) is 0 Å². The standard InChI is InChI=1S/C23H34N4O4/c1-22(2,3)31-21(29)27-13-18(14-27)26-11-16-6-5-7-17(12-26)23(16,30-4)15-8-9-25-19(10-15)20(24)28/h8-10,16-18H,5-7,11-14H2,1-4H3,(H2,24,28)/t16-,17+,23+. The first kappa shape index (κ1) is 22.0. The Morgan fingerprint density at radius 1 is 1.16 bits per heavy atom. The van der Waals surface area contributed by atoms with Gasteiger partial charge in [-0.25, -0.2) is 4.79 Å². The number of ether oxygens (including phenoxy) is 2. The summed E-state index contributed by atoms with van der Waals surface area (Å²) in [7, 11) is 1.78. The SMILES string of the molecule is CO[C@@]1(c2ccnc(C(N)=O)c2)[C@@H]2CCC[C@H]1CN(C1CN(C(=O)OC(C)(C)C)C1)C2. The number of pyridine rings is 1. The van der Waals surface area contributed by atoms with Gasteiger partial charge >= 0.3 is 6.09 Å². The molecular weight excluding hydrogens is 396 g/mol. The average Bonchev–Trinajstić information content (AvgIpc) is 2.64. The monoisotopic (exact) mass is 430 g/mol. The Morgan fingerprint density at radius 3 is 2.35 bits per heavy atom. The summed E-state index contributed by atoms with van der Waals surface area (Å²) in [6.07, 6.45) is 4.73. The number of fused-ring (bicyclic) bond motifs is 2. The van der Waals surface area contributed by atoms with E-state index in [0.717, 1.165) is 31.5 Å². The van der Waals surface area contributed by atoms with Gasteiger partial charge in [0.05, 0.1) is 0 Å². The van der Waals surface area contributed by atoms with E-state index in [1.54, 1.807) is 24.3 Å². The number of primary amides is 1. The van der Waals surface area contributed by atoms with Crippen LogP contribution >= 0.6 is 0 Å². The summed E-state index contributed by atoms with van der Waals surface area (Å²) in [5, 5.41) is 0. The zero-order valence-corrected chi connectivity index (χ0v) is 19.0. The number of piperidine rings is 1. The van der Waals surface area contributed by atoms with Crippen molar-refractivity contribution in [3.63, 3.8) is 0 Å². The van der Waals surface area contributed by atoms with E-state index in [1.165, 1.54) is 6.42 Å². The lowest BCUT2D eigenvalue weighted by molar-refractivity contribution is -0.180. The van der Waals surface area contributed by atoms with Gasteiger partial charge in [0, 0.05) is 57.4 Å². The van der Waals surface area contributed by atoms with E-state index in [9.17, 15) is 9.59 Å². The van der Waals surface area contributed by atoms with Crippen LogP contribution in [0.4, 0.5) is 4.79 Å². The molecule has 3 aliphatic rings. The quantitative estimate of drug-likeness (QED) is 0.788. The maximum atomic E-state index is 12.3. The van der Waals surface area contributed by atoms with Gasteiger partial charge in [-0.3, -0.25) is 14.7 Å². The minimum Gasteiger partial charge on any atom is -0.444 e. The molecule has 0 unspecified atom stereocenters. The number of hydrogen-bond donors (Lipinski definition) is 1. The van der Waals surface area contributed by atoms with E-state index in [0.29, 0.717) is 31.0 Å². The zero-order valence-electron chi connectivity index (χ0n) is 19.0. The Bertz CT molecular complexity index is 832. The first-order valence-corrected chi connectivity index (χ1v) is 11.2. The second-order valence-electron chi connectivity index (χ2n) is 10.1. The van der Waals surface area contributed by atoms with Gasteiger partial charge in [0.2, 0.25) is 0 Å². The van der Waals surface area contributed by atoms with Crippen molar-refractivity contribution in [2.45, 2.75) is 57.3 Å². The van der Waals surface area contributed by atoms with E-state index in [-0.39, 0.29) is 11.8 Å². The molecule has 1 aromatic heterocycles. The van der Waals surface area contributed by atoms with E-state index >= 15 is 0 Å². The second-order valence-corrected chi connectivity index (χ2v) is 10.1. The van der Waals surface area contributed by atoms with E-state index in [1.807, 2.05) is 26.8 Å². The first-order chi connectivity index (χ1) is 14.6. The number of aromatic nitrogens is 1. The van der Waals surface area contributed by atoms with Crippen LogP contribution in [0.2, 0.25) is 0 Å². The van der Waals surface area contributed by atoms with Gasteiger partial charge in [-0.2, -0.15) is 0 Å². The molecule has 1 saturated carbocycles. The van der Waals surface area contributed by atoms with Crippen molar-refractivity contribution in [1.82, 2.24) is 14.8 Å². The zero-order chi connectivity index (χ0) is 22.4. The summed E-state index contributed by atoms with van der Waals surface area (Å²) >= 11 is 0. The van der Waals surface area contributed by atoms with Gasteiger partial charge in [0.15, 0.2) is 0 Å². The number of amides is 2. The van der Waals surface area contributed by atoms with Gasteiger partial charge in [-0.1, -0.05) is 6.42 Å². The molecule has 1 aliphatic carbocycles. The molecule has 4 rings (SSSR count). The van der Waals surface area contributed by atoms with E-state index < -0.39 is 17.1 Å². The van der Waals surface area contributed by atoms with Crippen LogP contribution < -0.4 is 5.73 Å². The number of likely N-dealkylation sites (tertiary alicyclic amines) is 2. The van der Waals surface area contributed by atoms with Crippen LogP contribution in [0, 0.1) is 11.8 Å². The van der Waals surface area contributed by atoms with E-state index in [2.05, 4.69) is 9.88 Å². The van der Waals surface area contributed by atoms with Crippen molar-refractivity contribution >= 4 is 12.0 Å². The third-order valence-corrected chi connectivity index (χ3v) is 7.06. The number of nitrogens with two attached hydrogens (primary N) is 1. The number of nitrogens with zero attached hydrogens (tertiary/aromatic N) is 3. The van der Waals surface area contributed by atoms with E-state index in [4.69, 9.17) is 15.2 Å². The summed E-state index contributed by atoms with van der Waals surface area (Å²) in [5.74, 6) is 0.0970. The Balaban J connectivity index is 1.49. The highest BCUT2D eigenvalue weighted by Gasteiger charge is 2.55. The Kier molecular flexibility index (Phi) is 5.72. The molecule has 8 heteroatoms. The smallest absolute Gasteiger partial charge is 0.410 e. The molecule has 0 aromatic carbocycles. The molecule has 0 radical (unpaired) electrons. The van der Waals surface area contributed by atoms with Crippen LogP contribution in [0.25, 0.3) is 0 Å².